The molecule has 2 heterocycles. The summed E-state index contributed by atoms with van der Waals surface area (Å²) in [6, 6.07) is 7.81. The van der Waals surface area contributed by atoms with Crippen molar-refractivity contribution >= 4 is 11.6 Å². The number of benzene rings is 1. The second kappa shape index (κ2) is 5.81. The van der Waals surface area contributed by atoms with Crippen molar-refractivity contribution in [1.29, 1.82) is 0 Å². The lowest BCUT2D eigenvalue weighted by Crippen LogP contribution is -2.26. The van der Waals surface area contributed by atoms with Crippen LogP contribution in [0.1, 0.15) is 48.1 Å². The summed E-state index contributed by atoms with van der Waals surface area (Å²) in [6.45, 7) is 8.06. The zero-order chi connectivity index (χ0) is 16.6. The first-order valence-corrected chi connectivity index (χ1v) is 7.92. The molecule has 23 heavy (non-hydrogen) atoms. The highest BCUT2D eigenvalue weighted by Crippen LogP contribution is 2.24. The van der Waals surface area contributed by atoms with Gasteiger partial charge in [0.1, 0.15) is 5.76 Å². The van der Waals surface area contributed by atoms with Crippen molar-refractivity contribution in [2.45, 2.75) is 39.2 Å². The molecule has 5 heteroatoms. The summed E-state index contributed by atoms with van der Waals surface area (Å²) in [4.78, 5) is 14.6. The normalized spacial score (nSPS) is 15.3. The van der Waals surface area contributed by atoms with Gasteiger partial charge in [0.2, 0.25) is 0 Å². The number of aromatic nitrogens is 1. The third-order valence-electron chi connectivity index (χ3n) is 4.15. The van der Waals surface area contributed by atoms with Crippen molar-refractivity contribution in [3.63, 3.8) is 0 Å². The molecule has 0 bridgehead atoms. The van der Waals surface area contributed by atoms with Gasteiger partial charge in [0.05, 0.1) is 0 Å². The van der Waals surface area contributed by atoms with Crippen LogP contribution in [0.15, 0.2) is 28.8 Å². The summed E-state index contributed by atoms with van der Waals surface area (Å²) in [5, 5.41) is 6.79. The first kappa shape index (κ1) is 15.7. The van der Waals surface area contributed by atoms with Gasteiger partial charge in [-0.1, -0.05) is 32.0 Å². The highest BCUT2D eigenvalue weighted by molar-refractivity contribution is 6.02. The van der Waals surface area contributed by atoms with Gasteiger partial charge in [-0.15, -0.1) is 0 Å². The number of fused-ring (bicyclic) bond motifs is 1. The molecule has 0 unspecified atom stereocenters. The molecule has 122 valence electrons. The minimum absolute atomic E-state index is 0.165. The topological polar surface area (TPSA) is 58.4 Å². The van der Waals surface area contributed by atoms with Gasteiger partial charge in [-0.3, -0.25) is 4.79 Å². The van der Waals surface area contributed by atoms with Gasteiger partial charge >= 0.3 is 0 Å². The van der Waals surface area contributed by atoms with Crippen molar-refractivity contribution in [3.05, 3.63) is 46.8 Å². The summed E-state index contributed by atoms with van der Waals surface area (Å²) < 4.78 is 5.28. The summed E-state index contributed by atoms with van der Waals surface area (Å²) in [5.74, 6) is 0.461. The van der Waals surface area contributed by atoms with E-state index in [0.29, 0.717) is 11.5 Å². The van der Waals surface area contributed by atoms with Crippen molar-refractivity contribution in [2.75, 3.05) is 18.9 Å². The van der Waals surface area contributed by atoms with E-state index >= 15 is 0 Å². The zero-order valence-corrected chi connectivity index (χ0v) is 14.1. The van der Waals surface area contributed by atoms with Crippen LogP contribution in [-0.2, 0) is 18.4 Å². The van der Waals surface area contributed by atoms with Crippen molar-refractivity contribution in [3.8, 4) is 0 Å². The fourth-order valence-corrected chi connectivity index (χ4v) is 2.71. The predicted molar refractivity (Wildman–Crippen MR) is 89.6 cm³/mol. The average Bonchev–Trinajstić information content (AvgIpc) is 2.96. The highest BCUT2D eigenvalue weighted by Gasteiger charge is 2.22. The number of hydrogen-bond donors (Lipinski definition) is 1. The number of likely N-dealkylation sites (N-methyl/N-ethyl adjacent to an activating group) is 1. The average molecular weight is 313 g/mol. The number of carbonyl (C=O) groups excluding carboxylic acids is 1. The molecule has 5 nitrogen and oxygen atoms in total. The SMILES string of the molecule is CN1CCc2ccc(NC(=O)c3cc(C(C)(C)C)on3)cc2C1. The first-order valence-electron chi connectivity index (χ1n) is 7.92. The maximum absolute atomic E-state index is 12.3. The van der Waals surface area contributed by atoms with Crippen molar-refractivity contribution < 1.29 is 9.32 Å². The Bertz CT molecular complexity index is 728. The molecular formula is C18H23N3O2. The molecule has 0 atom stereocenters. The van der Waals surface area contributed by atoms with Gasteiger partial charge in [-0.05, 0) is 36.7 Å². The van der Waals surface area contributed by atoms with E-state index in [1.54, 1.807) is 6.07 Å². The van der Waals surface area contributed by atoms with Crippen LogP contribution in [0.2, 0.25) is 0 Å². The molecule has 1 aliphatic heterocycles. The number of nitrogens with zero attached hydrogens (tertiary/aromatic N) is 2. The van der Waals surface area contributed by atoms with Crippen molar-refractivity contribution in [2.24, 2.45) is 0 Å². The predicted octanol–water partition coefficient (Wildman–Crippen LogP) is 3.21. The third kappa shape index (κ3) is 3.45. The Labute approximate surface area is 136 Å². The van der Waals surface area contributed by atoms with E-state index in [1.807, 2.05) is 32.9 Å². The first-order chi connectivity index (χ1) is 10.8. The molecule has 0 fully saturated rings. The monoisotopic (exact) mass is 313 g/mol. The quantitative estimate of drug-likeness (QED) is 0.925. The van der Waals surface area contributed by atoms with Crippen LogP contribution >= 0.6 is 0 Å². The molecule has 1 aromatic heterocycles. The van der Waals surface area contributed by atoms with E-state index < -0.39 is 0 Å². The fraction of sp³-hybridized carbons (Fsp3) is 0.444. The van der Waals surface area contributed by atoms with Gasteiger partial charge < -0.3 is 14.7 Å². The van der Waals surface area contributed by atoms with Crippen LogP contribution in [-0.4, -0.2) is 29.6 Å². The molecule has 1 aromatic carbocycles. The Morgan fingerprint density at radius 1 is 1.26 bits per heavy atom. The van der Waals surface area contributed by atoms with E-state index in [-0.39, 0.29) is 11.3 Å². The van der Waals surface area contributed by atoms with Gasteiger partial charge in [0, 0.05) is 30.3 Å². The lowest BCUT2D eigenvalue weighted by atomic mass is 9.93. The van der Waals surface area contributed by atoms with Crippen LogP contribution in [0.5, 0.6) is 0 Å². The van der Waals surface area contributed by atoms with Crippen LogP contribution in [0, 0.1) is 0 Å². The van der Waals surface area contributed by atoms with E-state index in [0.717, 1.165) is 25.2 Å². The Hall–Kier alpha value is -2.14. The van der Waals surface area contributed by atoms with E-state index in [9.17, 15) is 4.79 Å². The molecule has 1 amide bonds. The second-order valence-electron chi connectivity index (χ2n) is 7.25. The smallest absolute Gasteiger partial charge is 0.277 e. The fourth-order valence-electron chi connectivity index (χ4n) is 2.71. The molecule has 1 N–H and O–H groups in total. The maximum Gasteiger partial charge on any atom is 0.277 e. The van der Waals surface area contributed by atoms with Gasteiger partial charge in [0.15, 0.2) is 5.69 Å². The summed E-state index contributed by atoms with van der Waals surface area (Å²) >= 11 is 0. The van der Waals surface area contributed by atoms with Crippen LogP contribution < -0.4 is 5.32 Å². The second-order valence-corrected chi connectivity index (χ2v) is 7.25. The Balaban J connectivity index is 1.75. The molecule has 2 aromatic rings. The van der Waals surface area contributed by atoms with Gasteiger partial charge in [-0.2, -0.15) is 0 Å². The molecule has 0 spiro atoms. The summed E-state index contributed by atoms with van der Waals surface area (Å²) in [7, 11) is 2.11. The van der Waals surface area contributed by atoms with E-state index in [1.165, 1.54) is 11.1 Å². The number of anilines is 1. The maximum atomic E-state index is 12.3. The van der Waals surface area contributed by atoms with Crippen LogP contribution in [0.25, 0.3) is 0 Å². The molecule has 0 saturated heterocycles. The number of amides is 1. The van der Waals surface area contributed by atoms with Crippen molar-refractivity contribution in [1.82, 2.24) is 10.1 Å². The Morgan fingerprint density at radius 3 is 2.74 bits per heavy atom. The molecule has 0 saturated carbocycles. The van der Waals surface area contributed by atoms with E-state index in [2.05, 4.69) is 28.5 Å². The van der Waals surface area contributed by atoms with E-state index in [4.69, 9.17) is 4.52 Å². The van der Waals surface area contributed by atoms with Gasteiger partial charge in [-0.25, -0.2) is 0 Å². The number of rotatable bonds is 2. The number of carbonyl (C=O) groups is 1. The van der Waals surface area contributed by atoms with Crippen LogP contribution in [0.4, 0.5) is 5.69 Å². The summed E-state index contributed by atoms with van der Waals surface area (Å²) in [5.41, 5.74) is 3.57. The minimum atomic E-state index is -0.242. The lowest BCUT2D eigenvalue weighted by molar-refractivity contribution is 0.101. The molecule has 1 aliphatic rings. The van der Waals surface area contributed by atoms with Gasteiger partial charge in [0.25, 0.3) is 5.91 Å². The molecule has 3 rings (SSSR count). The molecular weight excluding hydrogens is 290 g/mol. The minimum Gasteiger partial charge on any atom is -0.360 e. The number of hydrogen-bond acceptors (Lipinski definition) is 4. The molecule has 0 aliphatic carbocycles. The zero-order valence-electron chi connectivity index (χ0n) is 14.1. The highest BCUT2D eigenvalue weighted by atomic mass is 16.5. The standard InChI is InChI=1S/C18H23N3O2/c1-18(2,3)16-10-15(20-23-16)17(22)19-14-6-5-12-7-8-21(4)11-13(12)9-14/h5-6,9-10H,7-8,11H2,1-4H3,(H,19,22). The lowest BCUT2D eigenvalue weighted by Gasteiger charge is -2.25. The molecule has 0 radical (unpaired) electrons. The Morgan fingerprint density at radius 2 is 2.04 bits per heavy atom. The van der Waals surface area contributed by atoms with Crippen LogP contribution in [0.3, 0.4) is 0 Å². The number of nitrogens with one attached hydrogen (secondary N) is 1. The Kier molecular flexibility index (Phi) is 3.98. The third-order valence-corrected chi connectivity index (χ3v) is 4.15. The largest absolute Gasteiger partial charge is 0.360 e. The summed E-state index contributed by atoms with van der Waals surface area (Å²) in [6.07, 6.45) is 1.05.